The number of nitrogens with zero attached hydrogens (tertiary/aromatic N) is 5. The Kier molecular flexibility index (Phi) is 4.98. The van der Waals surface area contributed by atoms with E-state index in [-0.39, 0.29) is 5.82 Å². The van der Waals surface area contributed by atoms with E-state index in [1.54, 1.807) is 12.4 Å². The zero-order valence-corrected chi connectivity index (χ0v) is 15.0. The van der Waals surface area contributed by atoms with E-state index >= 15 is 0 Å². The van der Waals surface area contributed by atoms with Crippen molar-refractivity contribution in [3.63, 3.8) is 0 Å². The number of nitrogens with one attached hydrogen (secondary N) is 1. The Hall–Kier alpha value is -3.69. The Labute approximate surface area is 163 Å². The normalized spacial score (nSPS) is 11.6. The lowest BCUT2D eigenvalue weighted by atomic mass is 10.1. The quantitative estimate of drug-likeness (QED) is 0.527. The van der Waals surface area contributed by atoms with Crippen LogP contribution in [0.5, 0.6) is 0 Å². The molecule has 0 radical (unpaired) electrons. The third-order valence-corrected chi connectivity index (χ3v) is 4.08. The lowest BCUT2D eigenvalue weighted by Gasteiger charge is -2.04. The first kappa shape index (κ1) is 18.7. The summed E-state index contributed by atoms with van der Waals surface area (Å²) < 4.78 is 43.7. The summed E-state index contributed by atoms with van der Waals surface area (Å²) in [5, 5.41) is 10.9. The summed E-state index contributed by atoms with van der Waals surface area (Å²) in [5.41, 5.74) is 2.36. The van der Waals surface area contributed by atoms with Gasteiger partial charge in [-0.2, -0.15) is 23.3 Å². The van der Waals surface area contributed by atoms with E-state index in [2.05, 4.69) is 42.2 Å². The monoisotopic (exact) mass is 400 g/mol. The highest BCUT2D eigenvalue weighted by molar-refractivity contribution is 5.56. The van der Waals surface area contributed by atoms with E-state index in [4.69, 9.17) is 0 Å². The molecule has 7 nitrogen and oxygen atoms in total. The molecule has 0 aliphatic carbocycles. The third kappa shape index (κ3) is 4.42. The highest BCUT2D eigenvalue weighted by atomic mass is 19.4. The molecule has 0 spiro atoms. The average Bonchev–Trinajstić information content (AvgIpc) is 3.39. The van der Waals surface area contributed by atoms with Crippen LogP contribution < -0.4 is 5.32 Å². The van der Waals surface area contributed by atoms with E-state index < -0.39 is 12.1 Å². The summed E-state index contributed by atoms with van der Waals surface area (Å²) in [6, 6.07) is 13.1. The number of anilines is 1. The van der Waals surface area contributed by atoms with Gasteiger partial charge in [-0.15, -0.1) is 0 Å². The molecule has 0 atom stereocenters. The molecular weight excluding hydrogens is 385 g/mol. The smallest absolute Gasteiger partial charge is 0.382 e. The van der Waals surface area contributed by atoms with Gasteiger partial charge in [0.25, 0.3) is 0 Å². The summed E-state index contributed by atoms with van der Waals surface area (Å²) in [6.45, 7) is 0.728. The first-order chi connectivity index (χ1) is 14.0. The first-order valence-corrected chi connectivity index (χ1v) is 8.69. The number of rotatable bonds is 6. The number of hydrogen-bond donors (Lipinski definition) is 1. The second kappa shape index (κ2) is 7.74. The molecule has 10 heteroatoms. The lowest BCUT2D eigenvalue weighted by molar-refractivity contribution is -0.159. The van der Waals surface area contributed by atoms with Crippen LogP contribution in [-0.2, 0) is 12.6 Å². The molecule has 0 fully saturated rings. The molecule has 3 heterocycles. The molecule has 0 bridgehead atoms. The minimum Gasteiger partial charge on any atom is -0.382 e. The number of benzene rings is 1. The van der Waals surface area contributed by atoms with Crippen molar-refractivity contribution in [3.05, 3.63) is 72.5 Å². The number of halogens is 3. The first-order valence-electron chi connectivity index (χ1n) is 8.69. The molecule has 148 valence electrons. The van der Waals surface area contributed by atoms with Gasteiger partial charge in [-0.1, -0.05) is 35.5 Å². The van der Waals surface area contributed by atoms with Gasteiger partial charge in [-0.05, 0) is 24.1 Å². The maximum Gasteiger partial charge on any atom is 0.471 e. The van der Waals surface area contributed by atoms with Crippen LogP contribution in [0.3, 0.4) is 0 Å². The van der Waals surface area contributed by atoms with Crippen molar-refractivity contribution >= 4 is 5.69 Å². The summed E-state index contributed by atoms with van der Waals surface area (Å²) in [4.78, 5) is 7.58. The molecule has 4 rings (SSSR count). The van der Waals surface area contributed by atoms with Crippen LogP contribution in [0.25, 0.3) is 17.2 Å². The summed E-state index contributed by atoms with van der Waals surface area (Å²) in [7, 11) is 0. The Morgan fingerprint density at radius 1 is 1.10 bits per heavy atom. The molecule has 3 aromatic heterocycles. The molecule has 0 saturated heterocycles. The number of alkyl halides is 3. The van der Waals surface area contributed by atoms with Crippen molar-refractivity contribution < 1.29 is 17.7 Å². The maximum absolute atomic E-state index is 12.6. The predicted molar refractivity (Wildman–Crippen MR) is 98.3 cm³/mol. The summed E-state index contributed by atoms with van der Waals surface area (Å²) >= 11 is 0. The number of hydrogen-bond acceptors (Lipinski definition) is 6. The molecule has 0 aliphatic heterocycles. The summed E-state index contributed by atoms with van der Waals surface area (Å²) in [6.07, 6.45) is 1.00. The topological polar surface area (TPSA) is 81.7 Å². The Morgan fingerprint density at radius 2 is 1.93 bits per heavy atom. The maximum atomic E-state index is 12.6. The van der Waals surface area contributed by atoms with Crippen LogP contribution in [0.2, 0.25) is 0 Å². The number of aromatic nitrogens is 5. The van der Waals surface area contributed by atoms with Crippen LogP contribution in [-0.4, -0.2) is 31.4 Å². The SMILES string of the molecule is FC(F)(F)c1nc(-c2ccnc(-n3cc(NCCc4ccccc4)cn3)c2)no1. The molecule has 0 aliphatic rings. The minimum atomic E-state index is -4.69. The van der Waals surface area contributed by atoms with Gasteiger partial charge >= 0.3 is 12.1 Å². The Bertz CT molecular complexity index is 1090. The van der Waals surface area contributed by atoms with Crippen molar-refractivity contribution in [1.82, 2.24) is 24.9 Å². The molecule has 1 N–H and O–H groups in total. The number of pyridine rings is 1. The van der Waals surface area contributed by atoms with Gasteiger partial charge in [-0.25, -0.2) is 9.67 Å². The second-order valence-electron chi connectivity index (χ2n) is 6.16. The fourth-order valence-corrected chi connectivity index (χ4v) is 2.67. The molecule has 4 aromatic rings. The highest BCUT2D eigenvalue weighted by Crippen LogP contribution is 2.29. The van der Waals surface area contributed by atoms with Gasteiger partial charge in [0.15, 0.2) is 5.82 Å². The fraction of sp³-hybridized carbons (Fsp3) is 0.158. The minimum absolute atomic E-state index is 0.172. The average molecular weight is 400 g/mol. The molecule has 29 heavy (non-hydrogen) atoms. The van der Waals surface area contributed by atoms with Crippen LogP contribution in [0.1, 0.15) is 11.5 Å². The van der Waals surface area contributed by atoms with Gasteiger partial charge in [0, 0.05) is 18.3 Å². The van der Waals surface area contributed by atoms with Gasteiger partial charge in [0.1, 0.15) is 0 Å². The van der Waals surface area contributed by atoms with E-state index in [0.717, 1.165) is 18.7 Å². The van der Waals surface area contributed by atoms with Crippen molar-refractivity contribution in [2.45, 2.75) is 12.6 Å². The van der Waals surface area contributed by atoms with Crippen molar-refractivity contribution in [2.24, 2.45) is 0 Å². The molecule has 0 unspecified atom stereocenters. The molecule has 0 amide bonds. The second-order valence-corrected chi connectivity index (χ2v) is 6.16. The van der Waals surface area contributed by atoms with Gasteiger partial charge in [0.2, 0.25) is 5.82 Å². The largest absolute Gasteiger partial charge is 0.471 e. The van der Waals surface area contributed by atoms with Gasteiger partial charge in [-0.3, -0.25) is 0 Å². The fourth-order valence-electron chi connectivity index (χ4n) is 2.67. The Balaban J connectivity index is 1.45. The molecule has 0 saturated carbocycles. The standard InChI is InChI=1S/C19H15F3N6O/c20-19(21,22)18-26-17(27-29-18)14-7-9-24-16(10-14)28-12-15(11-25-28)23-8-6-13-4-2-1-3-5-13/h1-5,7,9-12,23H,6,8H2. The van der Waals surface area contributed by atoms with E-state index in [9.17, 15) is 13.2 Å². The molecular formula is C19H15F3N6O. The van der Waals surface area contributed by atoms with Crippen LogP contribution in [0.4, 0.5) is 18.9 Å². The lowest BCUT2D eigenvalue weighted by Crippen LogP contribution is -2.05. The highest BCUT2D eigenvalue weighted by Gasteiger charge is 2.38. The Morgan fingerprint density at radius 3 is 2.69 bits per heavy atom. The predicted octanol–water partition coefficient (Wildman–Crippen LogP) is 3.99. The van der Waals surface area contributed by atoms with Crippen molar-refractivity contribution in [1.29, 1.82) is 0 Å². The molecule has 1 aromatic carbocycles. The van der Waals surface area contributed by atoms with Gasteiger partial charge < -0.3 is 9.84 Å². The zero-order chi connectivity index (χ0) is 20.3. The van der Waals surface area contributed by atoms with Crippen LogP contribution in [0.15, 0.2) is 65.6 Å². The zero-order valence-electron chi connectivity index (χ0n) is 15.0. The van der Waals surface area contributed by atoms with Crippen molar-refractivity contribution in [2.75, 3.05) is 11.9 Å². The van der Waals surface area contributed by atoms with E-state index in [0.29, 0.717) is 11.4 Å². The van der Waals surface area contributed by atoms with E-state index in [1.165, 1.54) is 28.6 Å². The van der Waals surface area contributed by atoms with Crippen LogP contribution >= 0.6 is 0 Å². The van der Waals surface area contributed by atoms with E-state index in [1.807, 2.05) is 18.2 Å². The van der Waals surface area contributed by atoms with Crippen molar-refractivity contribution in [3.8, 4) is 17.2 Å². The van der Waals surface area contributed by atoms with Gasteiger partial charge in [0.05, 0.1) is 18.1 Å². The van der Waals surface area contributed by atoms with Crippen LogP contribution in [0, 0.1) is 0 Å². The summed E-state index contributed by atoms with van der Waals surface area (Å²) in [5.74, 6) is -1.15. The third-order valence-electron chi connectivity index (χ3n) is 4.08.